The van der Waals surface area contributed by atoms with Crippen LogP contribution in [0.15, 0.2) is 0 Å². The molecule has 1 rings (SSSR count). The van der Waals surface area contributed by atoms with E-state index in [9.17, 15) is 4.57 Å². The van der Waals surface area contributed by atoms with Gasteiger partial charge in [0.2, 0.25) is 0 Å². The first-order valence-corrected chi connectivity index (χ1v) is 7.53. The van der Waals surface area contributed by atoms with E-state index >= 15 is 0 Å². The van der Waals surface area contributed by atoms with E-state index in [-0.39, 0.29) is 0 Å². The monoisotopic (exact) mass is 240 g/mol. The Labute approximate surface area is 90.4 Å². The quantitative estimate of drug-likeness (QED) is 0.704. The summed E-state index contributed by atoms with van der Waals surface area (Å²) in [6, 6.07) is 0. The molecule has 0 amide bonds. The first-order chi connectivity index (χ1) is 6.62. The molecule has 0 spiro atoms. The third kappa shape index (κ3) is 2.71. The maximum atomic E-state index is 12.3. The maximum absolute atomic E-state index is 12.3. The van der Waals surface area contributed by atoms with Gasteiger partial charge in [-0.05, 0) is 11.2 Å². The summed E-state index contributed by atoms with van der Waals surface area (Å²) >= 11 is 6.13. The maximum Gasteiger partial charge on any atom is 0.304 e. The summed E-state index contributed by atoms with van der Waals surface area (Å²) in [5.41, 5.74) is 0. The third-order valence-corrected chi connectivity index (χ3v) is 6.06. The van der Waals surface area contributed by atoms with Crippen LogP contribution in [0, 0.1) is 0 Å². The molecule has 0 aromatic rings. The molecule has 1 unspecified atom stereocenters. The molecule has 0 aliphatic carbocycles. The summed E-state index contributed by atoms with van der Waals surface area (Å²) in [4.78, 5) is 0. The van der Waals surface area contributed by atoms with Crippen molar-refractivity contribution in [3.05, 3.63) is 0 Å². The van der Waals surface area contributed by atoms with E-state index in [2.05, 4.69) is 0 Å². The second-order valence-electron chi connectivity index (χ2n) is 3.18. The molecule has 1 fully saturated rings. The lowest BCUT2D eigenvalue weighted by atomic mass is 10.5. The van der Waals surface area contributed by atoms with E-state index in [1.54, 1.807) is 0 Å². The average Bonchev–Trinajstić information content (AvgIpc) is 2.20. The molecule has 1 saturated heterocycles. The molecule has 0 N–H and O–H groups in total. The first kappa shape index (κ1) is 12.5. The van der Waals surface area contributed by atoms with Crippen molar-refractivity contribution in [2.24, 2.45) is 0 Å². The van der Waals surface area contributed by atoms with Crippen molar-refractivity contribution >= 4 is 18.0 Å². The summed E-state index contributed by atoms with van der Waals surface area (Å²) in [7, 11) is 0. The molecule has 1 heterocycles. The minimum atomic E-state index is -2.82. The number of halogens is 1. The Bertz CT molecular complexity index is 217. The zero-order valence-corrected chi connectivity index (χ0v) is 10.4. The van der Waals surface area contributed by atoms with Crippen molar-refractivity contribution in [3.8, 4) is 0 Å². The van der Waals surface area contributed by atoms with Gasteiger partial charge in [0.25, 0.3) is 0 Å². The van der Waals surface area contributed by atoms with Crippen LogP contribution in [0.4, 0.5) is 0 Å². The molecule has 84 valence electrons. The molecular formula is C8H18ClN2O2P. The van der Waals surface area contributed by atoms with Gasteiger partial charge in [-0.15, -0.1) is 0 Å². The Balaban J connectivity index is 2.65. The second-order valence-corrected chi connectivity index (χ2v) is 6.58. The highest BCUT2D eigenvalue weighted by atomic mass is 35.7. The van der Waals surface area contributed by atoms with Crippen molar-refractivity contribution in [2.75, 3.05) is 39.4 Å². The van der Waals surface area contributed by atoms with Crippen LogP contribution in [0.25, 0.3) is 0 Å². The summed E-state index contributed by atoms with van der Waals surface area (Å²) in [5, 5.41) is 0. The lowest BCUT2D eigenvalue weighted by Gasteiger charge is -2.35. The Morgan fingerprint density at radius 2 is 1.86 bits per heavy atom. The molecule has 0 saturated carbocycles. The van der Waals surface area contributed by atoms with Crippen molar-refractivity contribution in [2.45, 2.75) is 13.8 Å². The Morgan fingerprint density at radius 3 is 2.29 bits per heavy atom. The van der Waals surface area contributed by atoms with Crippen LogP contribution in [0.1, 0.15) is 13.8 Å². The molecular weight excluding hydrogens is 223 g/mol. The molecule has 1 aliphatic heterocycles. The van der Waals surface area contributed by atoms with E-state index < -0.39 is 6.80 Å². The highest BCUT2D eigenvalue weighted by molar-refractivity contribution is 7.85. The largest absolute Gasteiger partial charge is 0.379 e. The van der Waals surface area contributed by atoms with Gasteiger partial charge in [0.05, 0.1) is 13.2 Å². The standard InChI is InChI=1S/C8H18ClN2O2P/c1-3-10(4-2)14(9,12)11-5-7-13-8-6-11/h3-8H2,1-2H3. The van der Waals surface area contributed by atoms with Crippen LogP contribution in [-0.2, 0) is 9.30 Å². The average molecular weight is 241 g/mol. The predicted octanol–water partition coefficient (Wildman–Crippen LogP) is 2.01. The van der Waals surface area contributed by atoms with Crippen molar-refractivity contribution in [1.29, 1.82) is 0 Å². The van der Waals surface area contributed by atoms with Gasteiger partial charge in [-0.2, -0.15) is 0 Å². The Hall–Kier alpha value is 0.400. The Kier molecular flexibility index (Phi) is 4.88. The van der Waals surface area contributed by atoms with Crippen molar-refractivity contribution < 1.29 is 9.30 Å². The van der Waals surface area contributed by atoms with Gasteiger partial charge in [0, 0.05) is 26.2 Å². The molecule has 0 aromatic heterocycles. The zero-order valence-electron chi connectivity index (χ0n) is 8.78. The van der Waals surface area contributed by atoms with Crippen LogP contribution in [0.2, 0.25) is 0 Å². The fourth-order valence-corrected chi connectivity index (χ4v) is 4.36. The lowest BCUT2D eigenvalue weighted by molar-refractivity contribution is 0.0703. The lowest BCUT2D eigenvalue weighted by Crippen LogP contribution is -2.37. The van der Waals surface area contributed by atoms with E-state index in [1.807, 2.05) is 23.2 Å². The van der Waals surface area contributed by atoms with Crippen LogP contribution in [0.3, 0.4) is 0 Å². The van der Waals surface area contributed by atoms with E-state index in [4.69, 9.17) is 16.0 Å². The summed E-state index contributed by atoms with van der Waals surface area (Å²) in [6.45, 7) is 5.13. The van der Waals surface area contributed by atoms with Crippen LogP contribution < -0.4 is 0 Å². The molecule has 0 bridgehead atoms. The summed E-state index contributed by atoms with van der Waals surface area (Å²) in [6.07, 6.45) is 0. The highest BCUT2D eigenvalue weighted by Crippen LogP contribution is 2.57. The fourth-order valence-electron chi connectivity index (χ4n) is 1.55. The number of rotatable bonds is 4. The minimum Gasteiger partial charge on any atom is -0.379 e. The molecule has 6 heteroatoms. The van der Waals surface area contributed by atoms with Crippen LogP contribution >= 0.6 is 18.0 Å². The van der Waals surface area contributed by atoms with E-state index in [0.717, 1.165) is 0 Å². The van der Waals surface area contributed by atoms with Crippen LogP contribution in [-0.4, -0.2) is 48.7 Å². The van der Waals surface area contributed by atoms with Gasteiger partial charge in [-0.25, -0.2) is 9.34 Å². The molecule has 14 heavy (non-hydrogen) atoms. The highest BCUT2D eigenvalue weighted by Gasteiger charge is 2.34. The minimum absolute atomic E-state index is 0.623. The normalized spacial score (nSPS) is 23.7. The van der Waals surface area contributed by atoms with Crippen molar-refractivity contribution in [3.63, 3.8) is 0 Å². The zero-order chi connectivity index (χ0) is 10.6. The first-order valence-electron chi connectivity index (χ1n) is 5.01. The second kappa shape index (κ2) is 5.47. The summed E-state index contributed by atoms with van der Waals surface area (Å²) < 4.78 is 21.2. The topological polar surface area (TPSA) is 32.8 Å². The van der Waals surface area contributed by atoms with E-state index in [0.29, 0.717) is 39.4 Å². The van der Waals surface area contributed by atoms with E-state index in [1.165, 1.54) is 0 Å². The number of nitrogens with zero attached hydrogens (tertiary/aromatic N) is 2. The van der Waals surface area contributed by atoms with Gasteiger partial charge in [-0.1, -0.05) is 13.8 Å². The number of hydrogen-bond donors (Lipinski definition) is 0. The molecule has 0 aromatic carbocycles. The van der Waals surface area contributed by atoms with Gasteiger partial charge in [0.1, 0.15) is 0 Å². The molecule has 1 aliphatic rings. The Morgan fingerprint density at radius 1 is 1.36 bits per heavy atom. The smallest absolute Gasteiger partial charge is 0.304 e. The van der Waals surface area contributed by atoms with Crippen molar-refractivity contribution in [1.82, 2.24) is 9.34 Å². The van der Waals surface area contributed by atoms with Crippen LogP contribution in [0.5, 0.6) is 0 Å². The number of hydrogen-bond acceptors (Lipinski definition) is 2. The fraction of sp³-hybridized carbons (Fsp3) is 1.00. The van der Waals surface area contributed by atoms with Gasteiger partial charge >= 0.3 is 6.80 Å². The van der Waals surface area contributed by atoms with Gasteiger partial charge < -0.3 is 4.74 Å². The SMILES string of the molecule is CCN(CC)P(=O)(Cl)N1CCOCC1. The van der Waals surface area contributed by atoms with Gasteiger partial charge in [0.15, 0.2) is 0 Å². The number of ether oxygens (including phenoxy) is 1. The summed E-state index contributed by atoms with van der Waals surface area (Å²) in [5.74, 6) is 0. The number of morpholine rings is 1. The predicted molar refractivity (Wildman–Crippen MR) is 58.8 cm³/mol. The van der Waals surface area contributed by atoms with Gasteiger partial charge in [-0.3, -0.25) is 4.57 Å². The molecule has 1 atom stereocenters. The third-order valence-electron chi connectivity index (χ3n) is 2.42. The molecule has 0 radical (unpaired) electrons. The molecule has 4 nitrogen and oxygen atoms in total.